The average molecular weight is 448 g/mol. The van der Waals surface area contributed by atoms with Crippen molar-refractivity contribution in [1.82, 2.24) is 4.90 Å². The van der Waals surface area contributed by atoms with Gasteiger partial charge in [-0.05, 0) is 43.3 Å². The zero-order chi connectivity index (χ0) is 22.8. The molecule has 0 saturated carbocycles. The van der Waals surface area contributed by atoms with Gasteiger partial charge >= 0.3 is 5.97 Å². The average Bonchev–Trinajstić information content (AvgIpc) is 3.09. The van der Waals surface area contributed by atoms with E-state index in [2.05, 4.69) is 30.2 Å². The topological polar surface area (TPSA) is 57.2 Å². The van der Waals surface area contributed by atoms with Gasteiger partial charge in [0.25, 0.3) is 0 Å². The number of rotatable bonds is 6. The maximum Gasteiger partial charge on any atom is 0.332 e. The van der Waals surface area contributed by atoms with Crippen molar-refractivity contribution in [2.24, 2.45) is 0 Å². The van der Waals surface area contributed by atoms with E-state index in [1.807, 2.05) is 36.4 Å². The summed E-state index contributed by atoms with van der Waals surface area (Å²) >= 11 is 0. The quantitative estimate of drug-likeness (QED) is 0.288. The summed E-state index contributed by atoms with van der Waals surface area (Å²) in [4.78, 5) is 14.4. The molecule has 6 heteroatoms. The molecule has 3 aliphatic rings. The number of methoxy groups -OCH3 is 1. The van der Waals surface area contributed by atoms with Crippen molar-refractivity contribution in [2.75, 3.05) is 27.5 Å². The predicted molar refractivity (Wildman–Crippen MR) is 125 cm³/mol. The van der Waals surface area contributed by atoms with Crippen LogP contribution in [0.25, 0.3) is 6.08 Å². The van der Waals surface area contributed by atoms with Gasteiger partial charge < -0.3 is 23.8 Å². The van der Waals surface area contributed by atoms with E-state index in [1.165, 1.54) is 17.2 Å². The SMILES string of the molecule is COc1ccc2c3c1OC1CC(OCOC(=O)/C=C/c4ccccc4)C=CC31CCN(C)C2. The summed E-state index contributed by atoms with van der Waals surface area (Å²) in [5.74, 6) is 1.20. The van der Waals surface area contributed by atoms with Crippen molar-refractivity contribution >= 4 is 12.0 Å². The van der Waals surface area contributed by atoms with Gasteiger partial charge in [-0.15, -0.1) is 0 Å². The molecule has 3 unspecified atom stereocenters. The molecular formula is C27H29NO5. The molecule has 6 nitrogen and oxygen atoms in total. The van der Waals surface area contributed by atoms with E-state index in [4.69, 9.17) is 18.9 Å². The second-order valence-electron chi connectivity index (χ2n) is 8.89. The minimum Gasteiger partial charge on any atom is -0.493 e. The summed E-state index contributed by atoms with van der Waals surface area (Å²) in [7, 11) is 3.84. The standard InChI is InChI=1S/C27H29NO5/c1-28-15-14-27-13-12-21(31-18-32-24(29)11-8-19-6-4-3-5-7-19)16-23(27)33-26-22(30-2)10-9-20(17-28)25(26)27/h3-13,21,23H,14-18H2,1-2H3/b11-8+. The third-order valence-electron chi connectivity index (χ3n) is 6.82. The number of benzene rings is 2. The van der Waals surface area contributed by atoms with Gasteiger partial charge in [0.2, 0.25) is 0 Å². The van der Waals surface area contributed by atoms with Gasteiger partial charge in [0.1, 0.15) is 6.10 Å². The molecule has 0 N–H and O–H groups in total. The molecule has 3 atom stereocenters. The number of hydrogen-bond donors (Lipinski definition) is 0. The molecular weight excluding hydrogens is 418 g/mol. The zero-order valence-electron chi connectivity index (χ0n) is 19.0. The molecule has 0 fully saturated rings. The Bertz CT molecular complexity index is 1080. The molecule has 1 aliphatic carbocycles. The predicted octanol–water partition coefficient (Wildman–Crippen LogP) is 4.09. The van der Waals surface area contributed by atoms with Crippen LogP contribution in [0.2, 0.25) is 0 Å². The van der Waals surface area contributed by atoms with Crippen molar-refractivity contribution in [2.45, 2.75) is 37.0 Å². The van der Waals surface area contributed by atoms with E-state index in [1.54, 1.807) is 13.2 Å². The maximum atomic E-state index is 12.0. The summed E-state index contributed by atoms with van der Waals surface area (Å²) in [5, 5.41) is 0. The van der Waals surface area contributed by atoms with E-state index in [0.29, 0.717) is 6.42 Å². The number of carbonyl (C=O) groups is 1. The molecule has 2 aromatic carbocycles. The van der Waals surface area contributed by atoms with Gasteiger partial charge in [0.05, 0.1) is 18.6 Å². The minimum atomic E-state index is -0.430. The van der Waals surface area contributed by atoms with Crippen LogP contribution >= 0.6 is 0 Å². The monoisotopic (exact) mass is 447 g/mol. The third kappa shape index (κ3) is 4.16. The van der Waals surface area contributed by atoms with E-state index in [9.17, 15) is 4.79 Å². The largest absolute Gasteiger partial charge is 0.493 e. The Labute approximate surface area is 194 Å². The van der Waals surface area contributed by atoms with Gasteiger partial charge in [-0.1, -0.05) is 48.6 Å². The molecule has 0 aromatic heterocycles. The van der Waals surface area contributed by atoms with E-state index >= 15 is 0 Å². The van der Waals surface area contributed by atoms with Gasteiger partial charge in [0.15, 0.2) is 18.3 Å². The van der Waals surface area contributed by atoms with E-state index in [0.717, 1.165) is 36.6 Å². The smallest absolute Gasteiger partial charge is 0.332 e. The highest BCUT2D eigenvalue weighted by Crippen LogP contribution is 2.55. The number of nitrogens with zero attached hydrogens (tertiary/aromatic N) is 1. The lowest BCUT2D eigenvalue weighted by Crippen LogP contribution is -2.43. The molecule has 0 bridgehead atoms. The Hall–Kier alpha value is -3.09. The lowest BCUT2D eigenvalue weighted by atomic mass is 9.69. The lowest BCUT2D eigenvalue weighted by Gasteiger charge is -2.36. The van der Waals surface area contributed by atoms with Crippen LogP contribution in [0, 0.1) is 0 Å². The molecule has 0 amide bonds. The first-order chi connectivity index (χ1) is 16.1. The molecule has 0 saturated heterocycles. The van der Waals surface area contributed by atoms with Crippen molar-refractivity contribution in [3.05, 3.63) is 77.4 Å². The summed E-state index contributed by atoms with van der Waals surface area (Å²) in [6.07, 6.45) is 8.92. The number of carbonyl (C=O) groups excluding carboxylic acids is 1. The number of esters is 1. The van der Waals surface area contributed by atoms with Gasteiger partial charge in [0, 0.05) is 24.6 Å². The van der Waals surface area contributed by atoms with E-state index in [-0.39, 0.29) is 24.4 Å². The Morgan fingerprint density at radius 3 is 2.91 bits per heavy atom. The van der Waals surface area contributed by atoms with Gasteiger partial charge in [-0.25, -0.2) is 4.79 Å². The van der Waals surface area contributed by atoms with Crippen LogP contribution in [0.15, 0.2) is 60.7 Å². The van der Waals surface area contributed by atoms with Crippen molar-refractivity contribution in [1.29, 1.82) is 0 Å². The Balaban J connectivity index is 1.26. The maximum absolute atomic E-state index is 12.0. The summed E-state index contributed by atoms with van der Waals surface area (Å²) < 4.78 is 23.2. The third-order valence-corrected chi connectivity index (χ3v) is 6.82. The Kier molecular flexibility index (Phi) is 5.96. The number of ether oxygens (including phenoxy) is 4. The molecule has 2 heterocycles. The van der Waals surface area contributed by atoms with Crippen molar-refractivity contribution in [3.63, 3.8) is 0 Å². The second-order valence-corrected chi connectivity index (χ2v) is 8.89. The molecule has 0 radical (unpaired) electrons. The fraction of sp³-hybridized carbons (Fsp3) is 0.370. The first-order valence-electron chi connectivity index (χ1n) is 11.4. The molecule has 172 valence electrons. The van der Waals surface area contributed by atoms with Crippen LogP contribution in [0.3, 0.4) is 0 Å². The lowest BCUT2D eigenvalue weighted by molar-refractivity contribution is -0.154. The highest BCUT2D eigenvalue weighted by atomic mass is 16.7. The van der Waals surface area contributed by atoms with Crippen LogP contribution in [-0.4, -0.2) is 50.6 Å². The van der Waals surface area contributed by atoms with Crippen LogP contribution in [0.1, 0.15) is 29.5 Å². The number of hydrogen-bond acceptors (Lipinski definition) is 6. The molecule has 1 spiro atoms. The Morgan fingerprint density at radius 1 is 1.24 bits per heavy atom. The van der Waals surface area contributed by atoms with E-state index < -0.39 is 5.97 Å². The van der Waals surface area contributed by atoms with Crippen LogP contribution in [0.5, 0.6) is 11.5 Å². The minimum absolute atomic E-state index is 0.0438. The highest BCUT2D eigenvalue weighted by molar-refractivity contribution is 5.86. The zero-order valence-corrected chi connectivity index (χ0v) is 19.0. The van der Waals surface area contributed by atoms with Gasteiger partial charge in [-0.3, -0.25) is 0 Å². The highest BCUT2D eigenvalue weighted by Gasteiger charge is 2.52. The van der Waals surface area contributed by atoms with Crippen LogP contribution < -0.4 is 9.47 Å². The Morgan fingerprint density at radius 2 is 2.09 bits per heavy atom. The first kappa shape index (κ1) is 21.7. The molecule has 2 aromatic rings. The fourth-order valence-electron chi connectivity index (χ4n) is 5.14. The normalized spacial score (nSPS) is 25.8. The molecule has 2 aliphatic heterocycles. The molecule has 33 heavy (non-hydrogen) atoms. The summed E-state index contributed by atoms with van der Waals surface area (Å²) in [6.45, 7) is 1.78. The van der Waals surface area contributed by atoms with Crippen molar-refractivity contribution in [3.8, 4) is 11.5 Å². The summed E-state index contributed by atoms with van der Waals surface area (Å²) in [6, 6.07) is 13.8. The fourth-order valence-corrected chi connectivity index (χ4v) is 5.14. The first-order valence-corrected chi connectivity index (χ1v) is 11.4. The summed E-state index contributed by atoms with van der Waals surface area (Å²) in [5.41, 5.74) is 3.30. The second kappa shape index (κ2) is 9.04. The molecule has 5 rings (SSSR count). The van der Waals surface area contributed by atoms with Crippen LogP contribution in [0.4, 0.5) is 0 Å². The van der Waals surface area contributed by atoms with Gasteiger partial charge in [-0.2, -0.15) is 0 Å². The van der Waals surface area contributed by atoms with Crippen molar-refractivity contribution < 1.29 is 23.7 Å². The van der Waals surface area contributed by atoms with Crippen LogP contribution in [-0.2, 0) is 26.2 Å².